The number of nitrogens with zero attached hydrogens (tertiary/aromatic N) is 2. The lowest BCUT2D eigenvalue weighted by atomic mass is 10.2. The minimum atomic E-state index is 0.307. The lowest BCUT2D eigenvalue weighted by molar-refractivity contribution is 0.240. The molecule has 1 aliphatic rings. The maximum absolute atomic E-state index is 5.75. The maximum Gasteiger partial charge on any atom is 0.264 e. The molecule has 1 heterocycles. The Kier molecular flexibility index (Phi) is 3.46. The third-order valence-corrected chi connectivity index (χ3v) is 3.05. The zero-order valence-corrected chi connectivity index (χ0v) is 10.9. The molecule has 0 radical (unpaired) electrons. The molecular weight excluding hydrogens is 242 g/mol. The van der Waals surface area contributed by atoms with Crippen molar-refractivity contribution in [2.24, 2.45) is 0 Å². The number of nitrogens with one attached hydrogen (secondary N) is 1. The molecule has 5 heteroatoms. The topological polar surface area (TPSA) is 60.2 Å². The molecule has 1 saturated carbocycles. The molecule has 100 valence electrons. The number of hydrogen-bond acceptors (Lipinski definition) is 5. The van der Waals surface area contributed by atoms with Crippen LogP contribution in [0.5, 0.6) is 5.75 Å². The van der Waals surface area contributed by atoms with Gasteiger partial charge in [0.15, 0.2) is 12.4 Å². The minimum Gasteiger partial charge on any atom is -0.483 e. The summed E-state index contributed by atoms with van der Waals surface area (Å²) >= 11 is 0. The predicted molar refractivity (Wildman–Crippen MR) is 69.7 cm³/mol. The molecule has 19 heavy (non-hydrogen) atoms. The highest BCUT2D eigenvalue weighted by molar-refractivity contribution is 5.33. The molecule has 0 bridgehead atoms. The molecule has 2 aromatic rings. The lowest BCUT2D eigenvalue weighted by Crippen LogP contribution is -2.16. The second kappa shape index (κ2) is 5.40. The van der Waals surface area contributed by atoms with Crippen LogP contribution in [0, 0.1) is 6.92 Å². The number of hydrogen-bond donors (Lipinski definition) is 1. The summed E-state index contributed by atoms with van der Waals surface area (Å²) in [5.41, 5.74) is 1.16. The summed E-state index contributed by atoms with van der Waals surface area (Å²) in [6.07, 6.45) is 2.56. The molecule has 1 aliphatic carbocycles. The van der Waals surface area contributed by atoms with Gasteiger partial charge < -0.3 is 14.6 Å². The Morgan fingerprint density at radius 1 is 1.37 bits per heavy atom. The van der Waals surface area contributed by atoms with Crippen molar-refractivity contribution in [3.8, 4) is 5.75 Å². The van der Waals surface area contributed by atoms with Gasteiger partial charge in [-0.3, -0.25) is 0 Å². The molecule has 3 rings (SSSR count). The highest BCUT2D eigenvalue weighted by atomic mass is 16.5. The van der Waals surface area contributed by atoms with E-state index < -0.39 is 0 Å². The standard InChI is InChI=1S/C14H17N3O2/c1-10-16-14(19-17-10)9-18-13-5-3-2-4-11(13)8-15-12-6-7-12/h2-5,12,15H,6-9H2,1H3. The summed E-state index contributed by atoms with van der Waals surface area (Å²) in [5.74, 6) is 2.00. The maximum atomic E-state index is 5.75. The van der Waals surface area contributed by atoms with E-state index in [9.17, 15) is 0 Å². The van der Waals surface area contributed by atoms with Gasteiger partial charge in [0.05, 0.1) is 0 Å². The van der Waals surface area contributed by atoms with Crippen molar-refractivity contribution in [3.05, 3.63) is 41.5 Å². The van der Waals surface area contributed by atoms with Crippen LogP contribution in [0.25, 0.3) is 0 Å². The van der Waals surface area contributed by atoms with Crippen molar-refractivity contribution >= 4 is 0 Å². The molecule has 0 spiro atoms. The number of benzene rings is 1. The fraction of sp³-hybridized carbons (Fsp3) is 0.429. The largest absolute Gasteiger partial charge is 0.483 e. The Hall–Kier alpha value is -1.88. The quantitative estimate of drug-likeness (QED) is 0.861. The summed E-state index contributed by atoms with van der Waals surface area (Å²) < 4.78 is 10.8. The van der Waals surface area contributed by atoms with Crippen molar-refractivity contribution in [2.75, 3.05) is 0 Å². The molecule has 0 atom stereocenters. The summed E-state index contributed by atoms with van der Waals surface area (Å²) in [5, 5.41) is 7.22. The van der Waals surface area contributed by atoms with Crippen LogP contribution in [0.15, 0.2) is 28.8 Å². The second-order valence-electron chi connectivity index (χ2n) is 4.79. The Morgan fingerprint density at radius 2 is 2.21 bits per heavy atom. The average Bonchev–Trinajstić information content (AvgIpc) is 3.17. The fourth-order valence-corrected chi connectivity index (χ4v) is 1.87. The smallest absolute Gasteiger partial charge is 0.264 e. The van der Waals surface area contributed by atoms with Crippen molar-refractivity contribution in [1.29, 1.82) is 0 Å². The van der Waals surface area contributed by atoms with E-state index in [-0.39, 0.29) is 0 Å². The minimum absolute atomic E-state index is 0.307. The number of rotatable bonds is 6. The zero-order chi connectivity index (χ0) is 13.1. The van der Waals surface area contributed by atoms with Gasteiger partial charge in [0.1, 0.15) is 5.75 Å². The van der Waals surface area contributed by atoms with E-state index in [4.69, 9.17) is 9.26 Å². The van der Waals surface area contributed by atoms with Crippen molar-refractivity contribution in [2.45, 2.75) is 39.0 Å². The van der Waals surface area contributed by atoms with Gasteiger partial charge in [-0.1, -0.05) is 23.4 Å². The Labute approximate surface area is 112 Å². The fourth-order valence-electron chi connectivity index (χ4n) is 1.87. The monoisotopic (exact) mass is 259 g/mol. The normalized spacial score (nSPS) is 14.6. The van der Waals surface area contributed by atoms with Crippen LogP contribution in [-0.2, 0) is 13.2 Å². The van der Waals surface area contributed by atoms with E-state index in [0.717, 1.165) is 17.9 Å². The first kappa shape index (κ1) is 12.2. The van der Waals surface area contributed by atoms with E-state index in [0.29, 0.717) is 24.4 Å². The van der Waals surface area contributed by atoms with Crippen LogP contribution in [0.3, 0.4) is 0 Å². The second-order valence-corrected chi connectivity index (χ2v) is 4.79. The lowest BCUT2D eigenvalue weighted by Gasteiger charge is -2.10. The third kappa shape index (κ3) is 3.32. The van der Waals surface area contributed by atoms with E-state index in [2.05, 4.69) is 21.5 Å². The number of para-hydroxylation sites is 1. The summed E-state index contributed by atoms with van der Waals surface area (Å²) in [6.45, 7) is 2.94. The first-order valence-corrected chi connectivity index (χ1v) is 6.54. The van der Waals surface area contributed by atoms with Crippen molar-refractivity contribution < 1.29 is 9.26 Å². The van der Waals surface area contributed by atoms with E-state index in [1.165, 1.54) is 12.8 Å². The van der Waals surface area contributed by atoms with Crippen LogP contribution < -0.4 is 10.1 Å². The van der Waals surface area contributed by atoms with Gasteiger partial charge in [0.2, 0.25) is 0 Å². The van der Waals surface area contributed by atoms with Gasteiger partial charge in [0.25, 0.3) is 5.89 Å². The SMILES string of the molecule is Cc1noc(COc2ccccc2CNC2CC2)n1. The van der Waals surface area contributed by atoms with Crippen LogP contribution in [-0.4, -0.2) is 16.2 Å². The predicted octanol–water partition coefficient (Wildman–Crippen LogP) is 2.21. The highest BCUT2D eigenvalue weighted by Crippen LogP contribution is 2.23. The van der Waals surface area contributed by atoms with Crippen LogP contribution in [0.2, 0.25) is 0 Å². The number of aromatic nitrogens is 2. The van der Waals surface area contributed by atoms with Crippen LogP contribution in [0.1, 0.15) is 30.1 Å². The van der Waals surface area contributed by atoms with Gasteiger partial charge >= 0.3 is 0 Å². The zero-order valence-electron chi connectivity index (χ0n) is 10.9. The molecule has 0 unspecified atom stereocenters. The first-order valence-electron chi connectivity index (χ1n) is 6.54. The molecule has 1 fully saturated rings. The van der Waals surface area contributed by atoms with Crippen molar-refractivity contribution in [3.63, 3.8) is 0 Å². The van der Waals surface area contributed by atoms with Gasteiger partial charge in [0, 0.05) is 18.2 Å². The van der Waals surface area contributed by atoms with Gasteiger partial charge in [-0.25, -0.2) is 0 Å². The average molecular weight is 259 g/mol. The van der Waals surface area contributed by atoms with Crippen LogP contribution >= 0.6 is 0 Å². The summed E-state index contributed by atoms with van der Waals surface area (Å²) in [7, 11) is 0. The van der Waals surface area contributed by atoms with E-state index >= 15 is 0 Å². The molecule has 5 nitrogen and oxygen atoms in total. The molecule has 1 aromatic carbocycles. The molecule has 0 amide bonds. The number of ether oxygens (including phenoxy) is 1. The summed E-state index contributed by atoms with van der Waals surface area (Å²) in [6, 6.07) is 8.71. The molecule has 0 aliphatic heterocycles. The highest BCUT2D eigenvalue weighted by Gasteiger charge is 2.20. The number of aryl methyl sites for hydroxylation is 1. The van der Waals surface area contributed by atoms with Crippen molar-refractivity contribution in [1.82, 2.24) is 15.5 Å². The molecular formula is C14H17N3O2. The summed E-state index contributed by atoms with van der Waals surface area (Å²) in [4.78, 5) is 4.12. The van der Waals surface area contributed by atoms with E-state index in [1.54, 1.807) is 6.92 Å². The van der Waals surface area contributed by atoms with Gasteiger partial charge in [-0.2, -0.15) is 4.98 Å². The van der Waals surface area contributed by atoms with Gasteiger partial charge in [-0.15, -0.1) is 0 Å². The molecule has 1 aromatic heterocycles. The molecule has 1 N–H and O–H groups in total. The Morgan fingerprint density at radius 3 is 2.95 bits per heavy atom. The van der Waals surface area contributed by atoms with Gasteiger partial charge in [-0.05, 0) is 25.8 Å². The Balaban J connectivity index is 1.62. The first-order chi connectivity index (χ1) is 9.31. The molecule has 0 saturated heterocycles. The van der Waals surface area contributed by atoms with Crippen LogP contribution in [0.4, 0.5) is 0 Å². The Bertz CT molecular complexity index is 549. The third-order valence-electron chi connectivity index (χ3n) is 3.05. The van der Waals surface area contributed by atoms with E-state index in [1.807, 2.05) is 18.2 Å².